The van der Waals surface area contributed by atoms with Crippen LogP contribution in [0.15, 0.2) is 10.6 Å². The number of aromatic amines is 1. The topological polar surface area (TPSA) is 61.2 Å². The lowest BCUT2D eigenvalue weighted by atomic mass is 9.86. The molecule has 2 aromatic heterocycles. The Morgan fingerprint density at radius 1 is 1.21 bits per heavy atom. The van der Waals surface area contributed by atoms with Crippen molar-refractivity contribution in [2.45, 2.75) is 53.5 Å². The van der Waals surface area contributed by atoms with E-state index in [1.165, 1.54) is 38.9 Å². The zero-order valence-electron chi connectivity index (χ0n) is 17.5. The normalized spacial score (nSPS) is 24.0. The highest BCUT2D eigenvalue weighted by molar-refractivity contribution is 6.30. The van der Waals surface area contributed by atoms with Gasteiger partial charge in [0.2, 0.25) is 0 Å². The van der Waals surface area contributed by atoms with Gasteiger partial charge < -0.3 is 9.42 Å². The Hall–Kier alpha value is -1.37. The van der Waals surface area contributed by atoms with Crippen LogP contribution in [0.25, 0.3) is 11.4 Å². The molecule has 6 nitrogen and oxygen atoms in total. The molecular weight excluding hydrogens is 374 g/mol. The van der Waals surface area contributed by atoms with Crippen LogP contribution in [0, 0.1) is 17.8 Å². The van der Waals surface area contributed by atoms with Crippen molar-refractivity contribution in [1.29, 1.82) is 0 Å². The Morgan fingerprint density at radius 3 is 2.61 bits per heavy atom. The first-order chi connectivity index (χ1) is 13.2. The summed E-state index contributed by atoms with van der Waals surface area (Å²) in [7, 11) is 0. The third kappa shape index (κ3) is 4.29. The maximum atomic E-state index is 6.43. The molecule has 0 bridgehead atoms. The van der Waals surface area contributed by atoms with Gasteiger partial charge in [-0.15, -0.1) is 0 Å². The molecule has 4 rings (SSSR count). The number of rotatable bonds is 5. The number of aromatic nitrogens is 3. The Bertz CT molecular complexity index is 823. The van der Waals surface area contributed by atoms with Crippen LogP contribution in [-0.2, 0) is 6.54 Å². The first-order valence-corrected chi connectivity index (χ1v) is 10.7. The monoisotopic (exact) mass is 405 g/mol. The maximum absolute atomic E-state index is 6.43. The van der Waals surface area contributed by atoms with E-state index in [9.17, 15) is 0 Å². The third-order valence-corrected chi connectivity index (χ3v) is 6.59. The highest BCUT2D eigenvalue weighted by atomic mass is 35.5. The van der Waals surface area contributed by atoms with E-state index in [0.29, 0.717) is 16.0 Å². The van der Waals surface area contributed by atoms with Crippen molar-refractivity contribution in [3.05, 3.63) is 22.5 Å². The lowest BCUT2D eigenvalue weighted by Crippen LogP contribution is -2.32. The molecule has 0 radical (unpaired) electrons. The minimum Gasteiger partial charge on any atom is -0.361 e. The summed E-state index contributed by atoms with van der Waals surface area (Å²) in [6.07, 6.45) is 3.84. The second kappa shape index (κ2) is 7.47. The average molecular weight is 406 g/mol. The molecule has 0 saturated carbocycles. The van der Waals surface area contributed by atoms with Crippen molar-refractivity contribution in [2.75, 3.05) is 32.7 Å². The van der Waals surface area contributed by atoms with Crippen molar-refractivity contribution in [3.8, 4) is 11.4 Å². The van der Waals surface area contributed by atoms with Crippen LogP contribution in [0.2, 0.25) is 5.15 Å². The molecule has 7 heteroatoms. The summed E-state index contributed by atoms with van der Waals surface area (Å²) in [6, 6.07) is 1.91. The molecule has 0 unspecified atom stereocenters. The van der Waals surface area contributed by atoms with Gasteiger partial charge in [-0.2, -0.15) is 5.10 Å². The smallest absolute Gasteiger partial charge is 0.134 e. The first-order valence-electron chi connectivity index (χ1n) is 10.3. The number of halogens is 1. The van der Waals surface area contributed by atoms with Gasteiger partial charge in [-0.1, -0.05) is 37.5 Å². The Labute approximate surface area is 172 Å². The molecule has 154 valence electrons. The molecule has 1 spiro atoms. The predicted octanol–water partition coefficient (Wildman–Crippen LogP) is 4.36. The molecule has 2 aliphatic rings. The van der Waals surface area contributed by atoms with Gasteiger partial charge in [0, 0.05) is 31.3 Å². The van der Waals surface area contributed by atoms with E-state index < -0.39 is 0 Å². The standard InChI is InChI=1S/C21H32ClN5O/c1-15-11-17(25-28-15)18-16(19(22)24-23-18)12-27-10-7-21(14-27)6-9-26(13-21)8-5-20(2,3)4/h11H,5-10,12-14H2,1-4H3,(H,23,24)/t21-/m1/s1. The molecule has 0 aliphatic carbocycles. The van der Waals surface area contributed by atoms with Crippen LogP contribution >= 0.6 is 11.6 Å². The second-order valence-electron chi connectivity index (χ2n) is 9.99. The fourth-order valence-corrected chi connectivity index (χ4v) is 4.80. The highest BCUT2D eigenvalue weighted by Crippen LogP contribution is 2.41. The van der Waals surface area contributed by atoms with Crippen LogP contribution in [0.1, 0.15) is 51.4 Å². The highest BCUT2D eigenvalue weighted by Gasteiger charge is 2.43. The van der Waals surface area contributed by atoms with E-state index in [1.807, 2.05) is 13.0 Å². The summed E-state index contributed by atoms with van der Waals surface area (Å²) in [4.78, 5) is 5.20. The van der Waals surface area contributed by atoms with Crippen LogP contribution in [-0.4, -0.2) is 57.9 Å². The van der Waals surface area contributed by atoms with E-state index in [4.69, 9.17) is 16.1 Å². The molecule has 2 aliphatic heterocycles. The van der Waals surface area contributed by atoms with Crippen molar-refractivity contribution < 1.29 is 4.52 Å². The quantitative estimate of drug-likeness (QED) is 0.800. The largest absolute Gasteiger partial charge is 0.361 e. The van der Waals surface area contributed by atoms with E-state index in [2.05, 4.69) is 45.9 Å². The SMILES string of the molecule is Cc1cc(-c2n[nH]c(Cl)c2CN2CC[C@@]3(CCN(CCC(C)(C)C)C3)C2)no1. The molecule has 1 atom stereocenters. The number of hydrogen-bond acceptors (Lipinski definition) is 5. The minimum atomic E-state index is 0.408. The molecular formula is C21H32ClN5O. The van der Waals surface area contributed by atoms with Gasteiger partial charge >= 0.3 is 0 Å². The Balaban J connectivity index is 1.39. The van der Waals surface area contributed by atoms with Crippen molar-refractivity contribution in [3.63, 3.8) is 0 Å². The second-order valence-corrected chi connectivity index (χ2v) is 10.4. The fourth-order valence-electron chi connectivity index (χ4n) is 4.61. The number of likely N-dealkylation sites (tertiary alicyclic amines) is 2. The number of nitrogens with one attached hydrogen (secondary N) is 1. The summed E-state index contributed by atoms with van der Waals surface area (Å²) >= 11 is 6.43. The van der Waals surface area contributed by atoms with Crippen LogP contribution < -0.4 is 0 Å². The average Bonchev–Trinajstić information content (AvgIpc) is 3.38. The van der Waals surface area contributed by atoms with E-state index in [0.717, 1.165) is 42.3 Å². The minimum absolute atomic E-state index is 0.408. The predicted molar refractivity (Wildman–Crippen MR) is 111 cm³/mol. The van der Waals surface area contributed by atoms with E-state index in [1.54, 1.807) is 0 Å². The molecule has 28 heavy (non-hydrogen) atoms. The van der Waals surface area contributed by atoms with Gasteiger partial charge in [-0.05, 0) is 56.7 Å². The summed E-state index contributed by atoms with van der Waals surface area (Å²) in [5.41, 5.74) is 3.43. The molecule has 2 saturated heterocycles. The zero-order chi connectivity index (χ0) is 19.9. The molecule has 4 heterocycles. The third-order valence-electron chi connectivity index (χ3n) is 6.28. The summed E-state index contributed by atoms with van der Waals surface area (Å²) < 4.78 is 5.22. The molecule has 0 aromatic carbocycles. The Morgan fingerprint density at radius 2 is 1.93 bits per heavy atom. The number of nitrogens with zero attached hydrogens (tertiary/aromatic N) is 4. The Kier molecular flexibility index (Phi) is 5.31. The van der Waals surface area contributed by atoms with Gasteiger partial charge in [0.15, 0.2) is 0 Å². The maximum Gasteiger partial charge on any atom is 0.134 e. The number of H-pyrrole nitrogens is 1. The van der Waals surface area contributed by atoms with E-state index in [-0.39, 0.29) is 0 Å². The summed E-state index contributed by atoms with van der Waals surface area (Å²) in [6.45, 7) is 15.6. The number of aryl methyl sites for hydroxylation is 1. The van der Waals surface area contributed by atoms with Gasteiger partial charge in [0.25, 0.3) is 0 Å². The van der Waals surface area contributed by atoms with Crippen molar-refractivity contribution >= 4 is 11.6 Å². The van der Waals surface area contributed by atoms with Crippen molar-refractivity contribution in [1.82, 2.24) is 25.2 Å². The lowest BCUT2D eigenvalue weighted by Gasteiger charge is -2.27. The summed E-state index contributed by atoms with van der Waals surface area (Å²) in [5.74, 6) is 0.779. The molecule has 2 aromatic rings. The fraction of sp³-hybridized carbons (Fsp3) is 0.714. The van der Waals surface area contributed by atoms with E-state index >= 15 is 0 Å². The van der Waals surface area contributed by atoms with Gasteiger partial charge in [-0.25, -0.2) is 0 Å². The van der Waals surface area contributed by atoms with Gasteiger partial charge in [0.1, 0.15) is 22.3 Å². The van der Waals surface area contributed by atoms with Crippen molar-refractivity contribution in [2.24, 2.45) is 10.8 Å². The summed E-state index contributed by atoms with van der Waals surface area (Å²) in [5, 5.41) is 12.0. The van der Waals surface area contributed by atoms with Gasteiger partial charge in [-0.3, -0.25) is 10.00 Å². The zero-order valence-corrected chi connectivity index (χ0v) is 18.3. The van der Waals surface area contributed by atoms with Crippen LogP contribution in [0.3, 0.4) is 0 Å². The lowest BCUT2D eigenvalue weighted by molar-refractivity contribution is 0.219. The van der Waals surface area contributed by atoms with Crippen LogP contribution in [0.4, 0.5) is 0 Å². The van der Waals surface area contributed by atoms with Crippen LogP contribution in [0.5, 0.6) is 0 Å². The molecule has 2 fully saturated rings. The van der Waals surface area contributed by atoms with Gasteiger partial charge in [0.05, 0.1) is 0 Å². The first kappa shape index (κ1) is 19.9. The molecule has 1 N–H and O–H groups in total. The number of hydrogen-bond donors (Lipinski definition) is 1. The molecule has 0 amide bonds.